The third-order valence-electron chi connectivity index (χ3n) is 4.66. The molecular formula is C22H28N6O3. The molecule has 9 heteroatoms. The van der Waals surface area contributed by atoms with Gasteiger partial charge in [0.25, 0.3) is 11.8 Å². The van der Waals surface area contributed by atoms with Crippen LogP contribution >= 0.6 is 0 Å². The number of carbonyl (C=O) groups is 2. The van der Waals surface area contributed by atoms with E-state index >= 15 is 0 Å². The number of hydroxylamine groups is 1. The number of nitrogens with one attached hydrogen (secondary N) is 2. The molecule has 0 radical (unpaired) electrons. The summed E-state index contributed by atoms with van der Waals surface area (Å²) in [5.41, 5.74) is 5.56. The highest BCUT2D eigenvalue weighted by atomic mass is 16.6. The van der Waals surface area contributed by atoms with E-state index in [0.29, 0.717) is 34.7 Å². The van der Waals surface area contributed by atoms with Gasteiger partial charge in [0, 0.05) is 31.0 Å². The molecule has 0 spiro atoms. The van der Waals surface area contributed by atoms with Crippen LogP contribution in [0.5, 0.6) is 0 Å². The van der Waals surface area contributed by atoms with Gasteiger partial charge in [0.05, 0.1) is 12.7 Å². The van der Waals surface area contributed by atoms with Crippen molar-refractivity contribution in [2.45, 2.75) is 27.7 Å². The van der Waals surface area contributed by atoms with Gasteiger partial charge in [-0.05, 0) is 36.1 Å². The second-order valence-corrected chi connectivity index (χ2v) is 8.68. The van der Waals surface area contributed by atoms with E-state index in [1.807, 2.05) is 13.0 Å². The van der Waals surface area contributed by atoms with Crippen LogP contribution < -0.4 is 10.8 Å². The lowest BCUT2D eigenvalue weighted by atomic mass is 9.96. The molecule has 0 atom stereocenters. The van der Waals surface area contributed by atoms with E-state index in [0.717, 1.165) is 5.56 Å². The van der Waals surface area contributed by atoms with E-state index in [2.05, 4.69) is 41.7 Å². The summed E-state index contributed by atoms with van der Waals surface area (Å²) in [4.78, 5) is 35.7. The first-order chi connectivity index (χ1) is 14.6. The van der Waals surface area contributed by atoms with E-state index in [-0.39, 0.29) is 17.2 Å². The summed E-state index contributed by atoms with van der Waals surface area (Å²) in [5.74, 6) is 0.0940. The van der Waals surface area contributed by atoms with Crippen molar-refractivity contribution in [1.82, 2.24) is 25.0 Å². The lowest BCUT2D eigenvalue weighted by molar-refractivity contribution is 0.0537. The minimum Gasteiger partial charge on any atom is -0.341 e. The topological polar surface area (TPSA) is 101 Å². The minimum atomic E-state index is -0.351. The Kier molecular flexibility index (Phi) is 6.26. The van der Waals surface area contributed by atoms with Crippen molar-refractivity contribution in [2.75, 3.05) is 26.0 Å². The second-order valence-electron chi connectivity index (χ2n) is 8.68. The van der Waals surface area contributed by atoms with Gasteiger partial charge >= 0.3 is 0 Å². The molecule has 3 rings (SSSR count). The summed E-state index contributed by atoms with van der Waals surface area (Å²) < 4.78 is 1.62. The molecule has 0 unspecified atom stereocenters. The quantitative estimate of drug-likeness (QED) is 0.590. The number of anilines is 2. The lowest BCUT2D eigenvalue weighted by Gasteiger charge is -2.26. The zero-order chi connectivity index (χ0) is 22.8. The predicted octanol–water partition coefficient (Wildman–Crippen LogP) is 3.19. The molecule has 0 aliphatic carbocycles. The fourth-order valence-corrected chi connectivity index (χ4v) is 3.32. The van der Waals surface area contributed by atoms with Gasteiger partial charge in [0.15, 0.2) is 5.82 Å². The number of carbonyl (C=O) groups excluding carboxylic acids is 2. The van der Waals surface area contributed by atoms with Crippen molar-refractivity contribution in [1.29, 1.82) is 0 Å². The third kappa shape index (κ3) is 5.18. The maximum atomic E-state index is 12.9. The molecule has 9 nitrogen and oxygen atoms in total. The average Bonchev–Trinajstić information content (AvgIpc) is 3.13. The number of rotatable bonds is 6. The molecule has 3 aromatic rings. The Morgan fingerprint density at radius 3 is 2.61 bits per heavy atom. The SMILES string of the molecule is CONC(=O)c1ccc(C)c(Nc2ncnn3cc(C(=O)N(C)CC(C)(C)C)cc23)c1. The summed E-state index contributed by atoms with van der Waals surface area (Å²) in [6.45, 7) is 8.81. The van der Waals surface area contributed by atoms with Crippen LogP contribution in [0, 0.1) is 12.3 Å². The van der Waals surface area contributed by atoms with Gasteiger partial charge in [-0.3, -0.25) is 14.4 Å². The fraction of sp³-hybridized carbons (Fsp3) is 0.364. The van der Waals surface area contributed by atoms with Crippen LogP contribution in [0.4, 0.5) is 11.5 Å². The normalized spacial score (nSPS) is 11.4. The van der Waals surface area contributed by atoms with Gasteiger partial charge in [-0.1, -0.05) is 26.8 Å². The van der Waals surface area contributed by atoms with Crippen LogP contribution in [0.1, 0.15) is 47.1 Å². The first-order valence-electron chi connectivity index (χ1n) is 9.89. The van der Waals surface area contributed by atoms with Crippen molar-refractivity contribution in [2.24, 2.45) is 5.41 Å². The van der Waals surface area contributed by atoms with Gasteiger partial charge in [-0.25, -0.2) is 15.0 Å². The zero-order valence-electron chi connectivity index (χ0n) is 18.7. The van der Waals surface area contributed by atoms with Crippen molar-refractivity contribution in [3.63, 3.8) is 0 Å². The summed E-state index contributed by atoms with van der Waals surface area (Å²) in [7, 11) is 3.17. The van der Waals surface area contributed by atoms with Gasteiger partial charge in [-0.2, -0.15) is 5.10 Å². The number of nitrogens with zero attached hydrogens (tertiary/aromatic N) is 4. The van der Waals surface area contributed by atoms with E-state index in [4.69, 9.17) is 4.84 Å². The highest BCUT2D eigenvalue weighted by Gasteiger charge is 2.21. The largest absolute Gasteiger partial charge is 0.341 e. The number of fused-ring (bicyclic) bond motifs is 1. The smallest absolute Gasteiger partial charge is 0.274 e. The van der Waals surface area contributed by atoms with Crippen LogP contribution in [0.15, 0.2) is 36.8 Å². The molecule has 2 aromatic heterocycles. The molecule has 0 saturated carbocycles. The molecule has 0 aliphatic heterocycles. The number of benzene rings is 1. The van der Waals surface area contributed by atoms with E-state index in [1.165, 1.54) is 13.4 Å². The molecule has 164 valence electrons. The molecule has 2 amide bonds. The van der Waals surface area contributed by atoms with Crippen LogP contribution in [0.3, 0.4) is 0 Å². The van der Waals surface area contributed by atoms with Gasteiger partial charge in [0.1, 0.15) is 11.8 Å². The first-order valence-corrected chi connectivity index (χ1v) is 9.89. The maximum Gasteiger partial charge on any atom is 0.274 e. The third-order valence-corrected chi connectivity index (χ3v) is 4.66. The van der Waals surface area contributed by atoms with E-state index < -0.39 is 0 Å². The Morgan fingerprint density at radius 2 is 1.94 bits per heavy atom. The van der Waals surface area contributed by atoms with Crippen LogP contribution in [-0.4, -0.2) is 52.0 Å². The van der Waals surface area contributed by atoms with Crippen molar-refractivity contribution in [3.8, 4) is 0 Å². The van der Waals surface area contributed by atoms with Crippen LogP contribution in [0.25, 0.3) is 5.52 Å². The minimum absolute atomic E-state index is 0.00621. The number of amides is 2. The maximum absolute atomic E-state index is 12.9. The van der Waals surface area contributed by atoms with Gasteiger partial charge in [-0.15, -0.1) is 0 Å². The monoisotopic (exact) mass is 424 g/mol. The van der Waals surface area contributed by atoms with Crippen LogP contribution in [0.2, 0.25) is 0 Å². The lowest BCUT2D eigenvalue weighted by Crippen LogP contribution is -2.34. The average molecular weight is 425 g/mol. The summed E-state index contributed by atoms with van der Waals surface area (Å²) in [6.07, 6.45) is 3.11. The summed E-state index contributed by atoms with van der Waals surface area (Å²) >= 11 is 0. The fourth-order valence-electron chi connectivity index (χ4n) is 3.32. The zero-order valence-corrected chi connectivity index (χ0v) is 18.7. The van der Waals surface area contributed by atoms with Crippen molar-refractivity contribution < 1.29 is 14.4 Å². The molecule has 31 heavy (non-hydrogen) atoms. The van der Waals surface area contributed by atoms with Crippen molar-refractivity contribution >= 4 is 28.8 Å². The molecule has 0 fully saturated rings. The Labute approximate surface area is 181 Å². The number of aromatic nitrogens is 3. The molecule has 2 N–H and O–H groups in total. The first kappa shape index (κ1) is 22.2. The molecule has 2 heterocycles. The highest BCUT2D eigenvalue weighted by molar-refractivity contribution is 5.97. The van der Waals surface area contributed by atoms with E-state index in [9.17, 15) is 9.59 Å². The number of hydrogen-bond donors (Lipinski definition) is 2. The van der Waals surface area contributed by atoms with Crippen molar-refractivity contribution in [3.05, 3.63) is 53.5 Å². The Morgan fingerprint density at radius 1 is 1.19 bits per heavy atom. The number of aryl methyl sites for hydroxylation is 1. The Hall–Kier alpha value is -3.46. The molecule has 0 bridgehead atoms. The van der Waals surface area contributed by atoms with Gasteiger partial charge < -0.3 is 10.2 Å². The molecule has 1 aromatic carbocycles. The highest BCUT2D eigenvalue weighted by Crippen LogP contribution is 2.25. The standard InChI is InChI=1S/C22H28N6O3/c1-14-7-8-15(20(29)26-31-6)9-17(14)25-19-18-10-16(11-28(18)24-13-23-19)21(30)27(5)12-22(2,3)4/h7-11,13H,12H2,1-6H3,(H,26,29)(H,23,24,25). The van der Waals surface area contributed by atoms with Crippen LogP contribution in [-0.2, 0) is 4.84 Å². The Bertz CT molecular complexity index is 1120. The molecule has 0 saturated heterocycles. The van der Waals surface area contributed by atoms with Gasteiger partial charge in [0.2, 0.25) is 0 Å². The molecular weight excluding hydrogens is 396 g/mol. The summed E-state index contributed by atoms with van der Waals surface area (Å²) in [5, 5.41) is 7.48. The van der Waals surface area contributed by atoms with E-state index in [1.54, 1.807) is 40.9 Å². The second kappa shape index (κ2) is 8.73. The number of hydrogen-bond acceptors (Lipinski definition) is 6. The predicted molar refractivity (Wildman–Crippen MR) is 118 cm³/mol. The molecule has 0 aliphatic rings. The summed E-state index contributed by atoms with van der Waals surface area (Å²) in [6, 6.07) is 7.03. The Balaban J connectivity index is 1.92.